The van der Waals surface area contributed by atoms with E-state index in [1.54, 1.807) is 13.1 Å². The number of piperidine rings is 1. The molecule has 17 heavy (non-hydrogen) atoms. The molecule has 1 aromatic heterocycles. The molecule has 0 saturated carbocycles. The predicted molar refractivity (Wildman–Crippen MR) is 67.8 cm³/mol. The highest BCUT2D eigenvalue weighted by atomic mass is 35.5. The molecule has 1 aromatic rings. The van der Waals surface area contributed by atoms with E-state index in [9.17, 15) is 4.79 Å². The SMILES string of the molecule is CC(=O)N1[C@H](C)C[C@@H](Cl)C[C@@H]1c1cccnc1. The fourth-order valence-corrected chi connectivity index (χ4v) is 3.07. The van der Waals surface area contributed by atoms with Gasteiger partial charge in [0.25, 0.3) is 0 Å². The Morgan fingerprint density at radius 2 is 2.29 bits per heavy atom. The Bertz CT molecular complexity index is 396. The molecule has 92 valence electrons. The summed E-state index contributed by atoms with van der Waals surface area (Å²) >= 11 is 6.27. The smallest absolute Gasteiger partial charge is 0.220 e. The number of amides is 1. The van der Waals surface area contributed by atoms with Gasteiger partial charge in [0.15, 0.2) is 0 Å². The van der Waals surface area contributed by atoms with Crippen LogP contribution in [0.2, 0.25) is 0 Å². The first-order valence-electron chi connectivity index (χ1n) is 5.92. The minimum atomic E-state index is 0.0625. The Morgan fingerprint density at radius 1 is 1.53 bits per heavy atom. The van der Waals surface area contributed by atoms with Crippen LogP contribution >= 0.6 is 11.6 Å². The van der Waals surface area contributed by atoms with Crippen LogP contribution in [0.1, 0.15) is 38.3 Å². The van der Waals surface area contributed by atoms with Gasteiger partial charge < -0.3 is 4.90 Å². The molecule has 0 N–H and O–H groups in total. The molecule has 0 spiro atoms. The summed E-state index contributed by atoms with van der Waals surface area (Å²) in [6.45, 7) is 3.67. The molecule has 4 heteroatoms. The lowest BCUT2D eigenvalue weighted by molar-refractivity contribution is -0.135. The quantitative estimate of drug-likeness (QED) is 0.720. The van der Waals surface area contributed by atoms with E-state index < -0.39 is 0 Å². The van der Waals surface area contributed by atoms with Crippen molar-refractivity contribution < 1.29 is 4.79 Å². The van der Waals surface area contributed by atoms with Crippen molar-refractivity contribution in [3.63, 3.8) is 0 Å². The maximum Gasteiger partial charge on any atom is 0.220 e. The second kappa shape index (κ2) is 5.05. The lowest BCUT2D eigenvalue weighted by Gasteiger charge is -2.42. The van der Waals surface area contributed by atoms with Crippen LogP contribution in [0.3, 0.4) is 0 Å². The third-order valence-corrected chi connectivity index (χ3v) is 3.68. The highest BCUT2D eigenvalue weighted by Crippen LogP contribution is 2.36. The third kappa shape index (κ3) is 2.60. The van der Waals surface area contributed by atoms with Gasteiger partial charge in [-0.05, 0) is 31.4 Å². The molecule has 1 aliphatic heterocycles. The van der Waals surface area contributed by atoms with E-state index in [1.165, 1.54) is 0 Å². The van der Waals surface area contributed by atoms with Gasteiger partial charge in [0, 0.05) is 30.7 Å². The summed E-state index contributed by atoms with van der Waals surface area (Å²) in [5.74, 6) is 0.106. The standard InChI is InChI=1S/C13H17ClN2O/c1-9-6-12(14)7-13(16(9)10(2)17)11-4-3-5-15-8-11/h3-5,8-9,12-13H,6-7H2,1-2H3/t9-,12-,13-/m1/s1. The van der Waals surface area contributed by atoms with Crippen molar-refractivity contribution in [2.24, 2.45) is 0 Å². The molecule has 0 unspecified atom stereocenters. The fourth-order valence-electron chi connectivity index (χ4n) is 2.64. The van der Waals surface area contributed by atoms with Crippen molar-refractivity contribution in [3.05, 3.63) is 30.1 Å². The zero-order valence-corrected chi connectivity index (χ0v) is 10.9. The van der Waals surface area contributed by atoms with E-state index >= 15 is 0 Å². The maximum absolute atomic E-state index is 11.8. The largest absolute Gasteiger partial charge is 0.333 e. The van der Waals surface area contributed by atoms with Crippen LogP contribution in [0.5, 0.6) is 0 Å². The second-order valence-electron chi connectivity index (χ2n) is 4.65. The molecule has 1 saturated heterocycles. The number of nitrogens with zero attached hydrogens (tertiary/aromatic N) is 2. The van der Waals surface area contributed by atoms with Crippen LogP contribution in [-0.2, 0) is 4.79 Å². The summed E-state index contributed by atoms with van der Waals surface area (Å²) in [4.78, 5) is 17.8. The van der Waals surface area contributed by atoms with E-state index in [1.807, 2.05) is 23.2 Å². The highest BCUT2D eigenvalue weighted by molar-refractivity contribution is 6.20. The first kappa shape index (κ1) is 12.4. The van der Waals surface area contributed by atoms with Crippen LogP contribution < -0.4 is 0 Å². The number of hydrogen-bond acceptors (Lipinski definition) is 2. The number of pyridine rings is 1. The van der Waals surface area contributed by atoms with Crippen LogP contribution in [0.25, 0.3) is 0 Å². The first-order chi connectivity index (χ1) is 8.09. The summed E-state index contributed by atoms with van der Waals surface area (Å²) in [6.07, 6.45) is 5.23. The number of halogens is 1. The van der Waals surface area contributed by atoms with E-state index in [4.69, 9.17) is 11.6 Å². The fraction of sp³-hybridized carbons (Fsp3) is 0.538. The number of carbonyl (C=O) groups is 1. The Kier molecular flexibility index (Phi) is 3.67. The van der Waals surface area contributed by atoms with Crippen molar-refractivity contribution in [2.45, 2.75) is 44.1 Å². The summed E-state index contributed by atoms with van der Waals surface area (Å²) in [7, 11) is 0. The molecule has 3 nitrogen and oxygen atoms in total. The van der Waals surface area contributed by atoms with Crippen LogP contribution in [0.15, 0.2) is 24.5 Å². The van der Waals surface area contributed by atoms with Gasteiger partial charge in [-0.3, -0.25) is 9.78 Å². The van der Waals surface area contributed by atoms with E-state index in [2.05, 4.69) is 11.9 Å². The Labute approximate surface area is 107 Å². The van der Waals surface area contributed by atoms with Gasteiger partial charge in [-0.15, -0.1) is 11.6 Å². The van der Waals surface area contributed by atoms with Gasteiger partial charge in [0.05, 0.1) is 6.04 Å². The van der Waals surface area contributed by atoms with Gasteiger partial charge in [-0.2, -0.15) is 0 Å². The normalized spacial score (nSPS) is 29.1. The number of rotatable bonds is 1. The predicted octanol–water partition coefficient (Wildman–Crippen LogP) is 2.76. The topological polar surface area (TPSA) is 33.2 Å². The molecule has 1 fully saturated rings. The molecule has 0 bridgehead atoms. The molecule has 1 amide bonds. The monoisotopic (exact) mass is 252 g/mol. The summed E-state index contributed by atoms with van der Waals surface area (Å²) in [5, 5.41) is 0.130. The zero-order chi connectivity index (χ0) is 12.4. The molecule has 2 heterocycles. The lowest BCUT2D eigenvalue weighted by atomic mass is 9.92. The summed E-state index contributed by atoms with van der Waals surface area (Å²) < 4.78 is 0. The van der Waals surface area contributed by atoms with Gasteiger partial charge in [0.2, 0.25) is 5.91 Å². The number of carbonyl (C=O) groups excluding carboxylic acids is 1. The third-order valence-electron chi connectivity index (χ3n) is 3.32. The van der Waals surface area contributed by atoms with Crippen LogP contribution in [-0.4, -0.2) is 27.2 Å². The second-order valence-corrected chi connectivity index (χ2v) is 5.26. The van der Waals surface area contributed by atoms with Crippen molar-refractivity contribution in [1.82, 2.24) is 9.88 Å². The molecule has 0 radical (unpaired) electrons. The van der Waals surface area contributed by atoms with E-state index in [0.29, 0.717) is 0 Å². The van der Waals surface area contributed by atoms with E-state index in [0.717, 1.165) is 18.4 Å². The number of aromatic nitrogens is 1. The molecule has 2 rings (SSSR count). The van der Waals surface area contributed by atoms with E-state index in [-0.39, 0.29) is 23.4 Å². The van der Waals surface area contributed by atoms with Gasteiger partial charge in [0.1, 0.15) is 0 Å². The van der Waals surface area contributed by atoms with Crippen molar-refractivity contribution in [1.29, 1.82) is 0 Å². The average Bonchev–Trinajstić information content (AvgIpc) is 2.28. The molecule has 1 aliphatic rings. The average molecular weight is 253 g/mol. The lowest BCUT2D eigenvalue weighted by Crippen LogP contribution is -2.46. The minimum absolute atomic E-state index is 0.0625. The van der Waals surface area contributed by atoms with Crippen molar-refractivity contribution >= 4 is 17.5 Å². The number of alkyl halides is 1. The van der Waals surface area contributed by atoms with Crippen molar-refractivity contribution in [3.8, 4) is 0 Å². The van der Waals surface area contributed by atoms with Crippen LogP contribution in [0.4, 0.5) is 0 Å². The summed E-state index contributed by atoms with van der Waals surface area (Å²) in [6, 6.07) is 4.16. The highest BCUT2D eigenvalue weighted by Gasteiger charge is 2.34. The number of hydrogen-bond donors (Lipinski definition) is 0. The summed E-state index contributed by atoms with van der Waals surface area (Å²) in [5.41, 5.74) is 1.07. The van der Waals surface area contributed by atoms with Crippen molar-refractivity contribution in [2.75, 3.05) is 0 Å². The zero-order valence-electron chi connectivity index (χ0n) is 10.1. The van der Waals surface area contributed by atoms with Gasteiger partial charge >= 0.3 is 0 Å². The Morgan fingerprint density at radius 3 is 2.88 bits per heavy atom. The number of likely N-dealkylation sites (tertiary alicyclic amines) is 1. The molecular formula is C13H17ClN2O. The Hall–Kier alpha value is -1.09. The minimum Gasteiger partial charge on any atom is -0.333 e. The van der Waals surface area contributed by atoms with Crippen LogP contribution in [0, 0.1) is 0 Å². The van der Waals surface area contributed by atoms with Gasteiger partial charge in [-0.25, -0.2) is 0 Å². The van der Waals surface area contributed by atoms with Gasteiger partial charge in [-0.1, -0.05) is 6.07 Å². The molecular weight excluding hydrogens is 236 g/mol. The maximum atomic E-state index is 11.8. The molecule has 3 atom stereocenters. The Balaban J connectivity index is 2.31. The molecule has 0 aliphatic carbocycles. The first-order valence-corrected chi connectivity index (χ1v) is 6.36. The molecule has 0 aromatic carbocycles.